The first-order chi connectivity index (χ1) is 20.3. The molecule has 4 aromatic carbocycles. The van der Waals surface area contributed by atoms with Crippen LogP contribution < -0.4 is 14.3 Å². The molecule has 0 aromatic heterocycles. The molecule has 11 heteroatoms. The van der Waals surface area contributed by atoms with Gasteiger partial charge in [-0.2, -0.15) is 18.2 Å². The molecule has 0 spiro atoms. The zero-order chi connectivity index (χ0) is 31.2. The van der Waals surface area contributed by atoms with Crippen LogP contribution in [0.1, 0.15) is 34.7 Å². The fourth-order valence-corrected chi connectivity index (χ4v) is 6.16. The van der Waals surface area contributed by atoms with E-state index in [0.29, 0.717) is 11.3 Å². The van der Waals surface area contributed by atoms with E-state index < -0.39 is 32.1 Å². The minimum atomic E-state index is -4.07. The van der Waals surface area contributed by atoms with E-state index >= 15 is 0 Å². The van der Waals surface area contributed by atoms with E-state index in [2.05, 4.69) is 15.2 Å². The SMILES string of the molecule is C/C(=N/NC(=O)[C@H](Cc1ccc(OS(=O)(=O)c2ccc(C)cc2)cc1)NS(=O)(=O)c1ccc(C)cc1)c1ccc(C)cc1. The van der Waals surface area contributed by atoms with Gasteiger partial charge in [-0.3, -0.25) is 4.79 Å². The fourth-order valence-electron chi connectivity index (χ4n) is 4.03. The monoisotopic (exact) mass is 619 g/mol. The number of benzene rings is 4. The molecule has 1 atom stereocenters. The highest BCUT2D eigenvalue weighted by molar-refractivity contribution is 7.89. The van der Waals surface area contributed by atoms with Crippen LogP contribution in [0, 0.1) is 20.8 Å². The van der Waals surface area contributed by atoms with Crippen LogP contribution in [0.5, 0.6) is 5.75 Å². The van der Waals surface area contributed by atoms with E-state index in [1.807, 2.05) is 45.0 Å². The molecule has 0 saturated heterocycles. The van der Waals surface area contributed by atoms with Crippen molar-refractivity contribution >= 4 is 31.8 Å². The molecule has 0 aliphatic rings. The maximum atomic E-state index is 13.3. The molecule has 0 radical (unpaired) electrons. The number of amides is 1. The number of carbonyl (C=O) groups is 1. The first-order valence-corrected chi connectivity index (χ1v) is 16.3. The van der Waals surface area contributed by atoms with Crippen LogP contribution in [-0.4, -0.2) is 34.5 Å². The normalized spacial score (nSPS) is 12.9. The summed E-state index contributed by atoms with van der Waals surface area (Å²) in [5.41, 5.74) is 7.27. The third-order valence-electron chi connectivity index (χ3n) is 6.63. The maximum absolute atomic E-state index is 13.3. The van der Waals surface area contributed by atoms with Crippen molar-refractivity contribution < 1.29 is 25.8 Å². The van der Waals surface area contributed by atoms with Crippen molar-refractivity contribution in [1.82, 2.24) is 10.1 Å². The van der Waals surface area contributed by atoms with Gasteiger partial charge in [0.1, 0.15) is 16.7 Å². The summed E-state index contributed by atoms with van der Waals surface area (Å²) >= 11 is 0. The Morgan fingerprint density at radius 3 is 1.74 bits per heavy atom. The van der Waals surface area contributed by atoms with Gasteiger partial charge in [0, 0.05) is 0 Å². The Balaban J connectivity index is 1.54. The zero-order valence-electron chi connectivity index (χ0n) is 24.2. The molecule has 1 amide bonds. The number of rotatable bonds is 11. The molecule has 0 bridgehead atoms. The Bertz CT molecular complexity index is 1820. The molecule has 4 aromatic rings. The zero-order valence-corrected chi connectivity index (χ0v) is 25.9. The van der Waals surface area contributed by atoms with Crippen LogP contribution in [0.2, 0.25) is 0 Å². The summed E-state index contributed by atoms with van der Waals surface area (Å²) in [5, 5.41) is 4.19. The van der Waals surface area contributed by atoms with Crippen LogP contribution in [0.15, 0.2) is 112 Å². The molecule has 2 N–H and O–H groups in total. The second-order valence-corrected chi connectivity index (χ2v) is 13.5. The highest BCUT2D eigenvalue weighted by Gasteiger charge is 2.26. The van der Waals surface area contributed by atoms with Crippen LogP contribution in [0.3, 0.4) is 0 Å². The van der Waals surface area contributed by atoms with Gasteiger partial charge in [0.15, 0.2) is 0 Å². The van der Waals surface area contributed by atoms with Gasteiger partial charge in [-0.25, -0.2) is 13.8 Å². The van der Waals surface area contributed by atoms with Crippen molar-refractivity contribution in [2.45, 2.75) is 49.9 Å². The van der Waals surface area contributed by atoms with E-state index in [1.165, 1.54) is 36.4 Å². The van der Waals surface area contributed by atoms with Crippen molar-refractivity contribution in [3.63, 3.8) is 0 Å². The Kier molecular flexibility index (Phi) is 9.80. The van der Waals surface area contributed by atoms with Gasteiger partial charge in [0.2, 0.25) is 10.0 Å². The quantitative estimate of drug-likeness (QED) is 0.141. The van der Waals surface area contributed by atoms with E-state index in [1.54, 1.807) is 43.3 Å². The predicted molar refractivity (Wildman–Crippen MR) is 166 cm³/mol. The number of hydrazone groups is 1. The average Bonchev–Trinajstić information content (AvgIpc) is 2.97. The van der Waals surface area contributed by atoms with Gasteiger partial charge in [-0.1, -0.05) is 77.4 Å². The molecule has 9 nitrogen and oxygen atoms in total. The third-order valence-corrected chi connectivity index (χ3v) is 9.38. The molecule has 4 rings (SSSR count). The van der Waals surface area contributed by atoms with Crippen molar-refractivity contribution in [3.8, 4) is 5.75 Å². The molecule has 0 aliphatic carbocycles. The number of hydrogen-bond donors (Lipinski definition) is 2. The standard InChI is InChI=1S/C32H33N3O6S2/c1-22-5-13-27(14-6-22)25(4)33-34-32(36)31(35-42(37,38)29-17-7-23(2)8-18-29)21-26-11-15-28(16-12-26)41-43(39,40)30-19-9-24(3)10-20-30/h5-20,31,35H,21H2,1-4H3,(H,34,36)/b33-25-/t31-/m0/s1. The Labute approximate surface area is 252 Å². The lowest BCUT2D eigenvalue weighted by Crippen LogP contribution is -2.46. The largest absolute Gasteiger partial charge is 0.379 e. The number of nitrogens with one attached hydrogen (secondary N) is 2. The van der Waals surface area contributed by atoms with E-state index in [0.717, 1.165) is 22.3 Å². The van der Waals surface area contributed by atoms with Crippen LogP contribution in [0.25, 0.3) is 0 Å². The Hall–Kier alpha value is -4.32. The second kappa shape index (κ2) is 13.3. The number of hydrogen-bond acceptors (Lipinski definition) is 7. The van der Waals surface area contributed by atoms with Gasteiger partial charge in [-0.15, -0.1) is 0 Å². The highest BCUT2D eigenvalue weighted by atomic mass is 32.2. The lowest BCUT2D eigenvalue weighted by molar-refractivity contribution is -0.122. The molecule has 0 saturated carbocycles. The molecule has 0 unspecified atom stereocenters. The van der Waals surface area contributed by atoms with Gasteiger partial charge in [-0.05, 0) is 81.6 Å². The van der Waals surface area contributed by atoms with Crippen molar-refractivity contribution in [3.05, 3.63) is 125 Å². The third kappa shape index (κ3) is 8.60. The number of sulfonamides is 1. The van der Waals surface area contributed by atoms with Crippen molar-refractivity contribution in [2.75, 3.05) is 0 Å². The smallest absolute Gasteiger partial charge is 0.339 e. The van der Waals surface area contributed by atoms with Crippen molar-refractivity contribution in [1.29, 1.82) is 0 Å². The summed E-state index contributed by atoms with van der Waals surface area (Å²) < 4.78 is 59.5. The van der Waals surface area contributed by atoms with Gasteiger partial charge in [0.05, 0.1) is 10.6 Å². The summed E-state index contributed by atoms with van der Waals surface area (Å²) in [7, 11) is -8.11. The lowest BCUT2D eigenvalue weighted by Gasteiger charge is -2.18. The molecular formula is C32H33N3O6S2. The Morgan fingerprint density at radius 2 is 1.21 bits per heavy atom. The Morgan fingerprint density at radius 1 is 0.721 bits per heavy atom. The van der Waals surface area contributed by atoms with Crippen LogP contribution >= 0.6 is 0 Å². The molecule has 0 heterocycles. The number of carbonyl (C=O) groups excluding carboxylic acids is 1. The molecular weight excluding hydrogens is 587 g/mol. The van der Waals surface area contributed by atoms with Gasteiger partial charge < -0.3 is 4.18 Å². The van der Waals surface area contributed by atoms with E-state index in [9.17, 15) is 21.6 Å². The minimum absolute atomic E-state index is 0.0142. The van der Waals surface area contributed by atoms with E-state index in [4.69, 9.17) is 4.18 Å². The lowest BCUT2D eigenvalue weighted by atomic mass is 10.1. The van der Waals surface area contributed by atoms with Gasteiger partial charge in [0.25, 0.3) is 5.91 Å². The highest BCUT2D eigenvalue weighted by Crippen LogP contribution is 2.21. The maximum Gasteiger partial charge on any atom is 0.339 e. The summed E-state index contributed by atoms with van der Waals surface area (Å²) in [6, 6.07) is 25.0. The van der Waals surface area contributed by atoms with Crippen LogP contribution in [0.4, 0.5) is 0 Å². The molecule has 43 heavy (non-hydrogen) atoms. The van der Waals surface area contributed by atoms with Crippen LogP contribution in [-0.2, 0) is 31.4 Å². The first kappa shape index (κ1) is 31.6. The second-order valence-electron chi connectivity index (χ2n) is 10.2. The van der Waals surface area contributed by atoms with Gasteiger partial charge >= 0.3 is 10.1 Å². The predicted octanol–water partition coefficient (Wildman–Crippen LogP) is 4.81. The molecule has 0 aliphatic heterocycles. The summed E-state index contributed by atoms with van der Waals surface area (Å²) in [4.78, 5) is 13.3. The molecule has 224 valence electrons. The topological polar surface area (TPSA) is 131 Å². The average molecular weight is 620 g/mol. The minimum Gasteiger partial charge on any atom is -0.379 e. The molecule has 0 fully saturated rings. The van der Waals surface area contributed by atoms with E-state index in [-0.39, 0.29) is 22.0 Å². The summed E-state index contributed by atoms with van der Waals surface area (Å²) in [6.07, 6.45) is -0.0407. The van der Waals surface area contributed by atoms with Crippen molar-refractivity contribution in [2.24, 2.45) is 5.10 Å². The number of aryl methyl sites for hydroxylation is 3. The number of nitrogens with zero attached hydrogens (tertiary/aromatic N) is 1. The summed E-state index contributed by atoms with van der Waals surface area (Å²) in [6.45, 7) is 7.39. The fraction of sp³-hybridized carbons (Fsp3) is 0.188. The first-order valence-electron chi connectivity index (χ1n) is 13.4. The summed E-state index contributed by atoms with van der Waals surface area (Å²) in [5.74, 6) is -0.590.